The monoisotopic (exact) mass is 551 g/mol. The smallest absolute Gasteiger partial charge is 0.459 e. The fourth-order valence-corrected chi connectivity index (χ4v) is 5.24. The van der Waals surface area contributed by atoms with E-state index >= 15 is 0 Å². The quantitative estimate of drug-likeness (QED) is 0.175. The first-order valence-electron chi connectivity index (χ1n) is 11.7. The largest absolute Gasteiger partial charge is 0.462 e. The average Bonchev–Trinajstić information content (AvgIpc) is 3.12. The second-order valence-corrected chi connectivity index (χ2v) is 10.4. The van der Waals surface area contributed by atoms with E-state index in [1.54, 1.807) is 39.0 Å². The third-order valence-electron chi connectivity index (χ3n) is 5.55. The van der Waals surface area contributed by atoms with Crippen LogP contribution in [0.3, 0.4) is 0 Å². The summed E-state index contributed by atoms with van der Waals surface area (Å²) in [5.41, 5.74) is -4.06. The molecule has 2 aromatic rings. The van der Waals surface area contributed by atoms with Crippen LogP contribution in [-0.4, -0.2) is 62.3 Å². The van der Waals surface area contributed by atoms with Crippen LogP contribution in [0.5, 0.6) is 5.75 Å². The van der Waals surface area contributed by atoms with Crippen LogP contribution in [-0.2, 0) is 23.4 Å². The number of terminal acetylenes is 1. The number of aliphatic hydroxyl groups excluding tert-OH is 1. The Bertz CT molecular complexity index is 1320. The molecule has 1 unspecified atom stereocenters. The van der Waals surface area contributed by atoms with Crippen molar-refractivity contribution < 1.29 is 38.1 Å². The Morgan fingerprint density at radius 3 is 2.58 bits per heavy atom. The lowest BCUT2D eigenvalue weighted by atomic mass is 9.95. The number of carbonyl (C=O) groups excluding carboxylic acids is 1. The molecule has 0 saturated carbocycles. The highest BCUT2D eigenvalue weighted by Gasteiger charge is 2.56. The van der Waals surface area contributed by atoms with Gasteiger partial charge in [-0.05, 0) is 32.4 Å². The first-order chi connectivity index (χ1) is 17.9. The zero-order valence-corrected chi connectivity index (χ0v) is 21.9. The summed E-state index contributed by atoms with van der Waals surface area (Å²) in [7, 11) is -4.34. The zero-order chi connectivity index (χ0) is 28.1. The Balaban J connectivity index is 1.86. The van der Waals surface area contributed by atoms with Crippen molar-refractivity contribution >= 4 is 13.7 Å². The predicted molar refractivity (Wildman–Crippen MR) is 134 cm³/mol. The summed E-state index contributed by atoms with van der Waals surface area (Å²) in [6.45, 7) is 4.34. The van der Waals surface area contributed by atoms with E-state index in [0.717, 1.165) is 16.8 Å². The maximum Gasteiger partial charge on any atom is 0.459 e. The van der Waals surface area contributed by atoms with Crippen molar-refractivity contribution in [3.05, 3.63) is 63.4 Å². The van der Waals surface area contributed by atoms with Gasteiger partial charge in [-0.25, -0.2) is 9.36 Å². The van der Waals surface area contributed by atoms with Crippen molar-refractivity contribution in [3.63, 3.8) is 0 Å². The fourth-order valence-electron chi connectivity index (χ4n) is 3.65. The number of aromatic nitrogens is 2. The topological polar surface area (TPSA) is 178 Å². The third-order valence-corrected chi connectivity index (χ3v) is 7.12. The number of benzene rings is 1. The fraction of sp³-hybridized carbons (Fsp3) is 0.458. The van der Waals surface area contributed by atoms with Crippen molar-refractivity contribution in [1.29, 1.82) is 0 Å². The van der Waals surface area contributed by atoms with E-state index in [4.69, 9.17) is 24.9 Å². The minimum Gasteiger partial charge on any atom is -0.462 e. The molecule has 2 heterocycles. The van der Waals surface area contributed by atoms with Crippen molar-refractivity contribution in [2.45, 2.75) is 63.4 Å². The molecule has 1 saturated heterocycles. The zero-order valence-electron chi connectivity index (χ0n) is 21.0. The summed E-state index contributed by atoms with van der Waals surface area (Å²) in [5, 5.41) is 24.3. The average molecular weight is 551 g/mol. The Kier molecular flexibility index (Phi) is 9.32. The summed E-state index contributed by atoms with van der Waals surface area (Å²) >= 11 is 0. The highest BCUT2D eigenvalue weighted by atomic mass is 31.2. The van der Waals surface area contributed by atoms with Gasteiger partial charge in [0.15, 0.2) is 11.8 Å². The van der Waals surface area contributed by atoms with Crippen molar-refractivity contribution in [3.8, 4) is 18.1 Å². The molecule has 1 aromatic heterocycles. The Morgan fingerprint density at radius 2 is 2.00 bits per heavy atom. The number of carbonyl (C=O) groups is 1. The predicted octanol–water partition coefficient (Wildman–Crippen LogP) is 0.683. The minimum atomic E-state index is -4.34. The second kappa shape index (κ2) is 12.1. The molecule has 0 amide bonds. The van der Waals surface area contributed by atoms with Crippen LogP contribution in [0.1, 0.15) is 33.4 Å². The van der Waals surface area contributed by atoms with Gasteiger partial charge in [0.1, 0.15) is 24.0 Å². The third kappa shape index (κ3) is 6.60. The number of aliphatic hydroxyl groups is 2. The summed E-state index contributed by atoms with van der Waals surface area (Å²) in [4.78, 5) is 38.2. The van der Waals surface area contributed by atoms with E-state index in [1.807, 2.05) is 10.9 Å². The highest BCUT2D eigenvalue weighted by Crippen LogP contribution is 2.47. The summed E-state index contributed by atoms with van der Waals surface area (Å²) in [6, 6.07) is 7.94. The van der Waals surface area contributed by atoms with Gasteiger partial charge in [-0.2, -0.15) is 5.09 Å². The normalized spacial score (nSPS) is 25.3. The summed E-state index contributed by atoms with van der Waals surface area (Å²) in [6.07, 6.45) is 1.42. The lowest BCUT2D eigenvalue weighted by Crippen LogP contribution is -2.48. The highest BCUT2D eigenvalue weighted by molar-refractivity contribution is 7.52. The Morgan fingerprint density at radius 1 is 1.32 bits per heavy atom. The number of nitrogens with zero attached hydrogens (tertiary/aromatic N) is 1. The molecule has 6 atom stereocenters. The molecule has 14 heteroatoms. The number of aromatic amines is 1. The van der Waals surface area contributed by atoms with Crippen molar-refractivity contribution in [1.82, 2.24) is 14.6 Å². The minimum absolute atomic E-state index is 0.154. The van der Waals surface area contributed by atoms with E-state index < -0.39 is 67.8 Å². The molecule has 0 radical (unpaired) electrons. The molecule has 4 N–H and O–H groups in total. The molecule has 1 aliphatic heterocycles. The SMILES string of the molecule is C#C[C@@]1(O)[C@H](O)[C@@H](COP(=O)(N[C@@H](CC)C(=O)OC(C)C)Oc2ccccc2)O[C@H]1n1ccc(=O)[nH]c1=O. The molecule has 0 bridgehead atoms. The summed E-state index contributed by atoms with van der Waals surface area (Å²) in [5.74, 6) is 1.49. The Hall–Kier alpha value is -3.24. The van der Waals surface area contributed by atoms with E-state index in [9.17, 15) is 29.2 Å². The molecule has 38 heavy (non-hydrogen) atoms. The summed E-state index contributed by atoms with van der Waals surface area (Å²) < 4.78 is 36.6. The molecule has 1 fully saturated rings. The molecule has 1 aromatic carbocycles. The van der Waals surface area contributed by atoms with Gasteiger partial charge in [-0.15, -0.1) is 6.42 Å². The van der Waals surface area contributed by atoms with Gasteiger partial charge in [0.2, 0.25) is 0 Å². The van der Waals surface area contributed by atoms with Gasteiger partial charge in [0, 0.05) is 12.3 Å². The maximum atomic E-state index is 13.8. The second-order valence-electron chi connectivity index (χ2n) is 8.73. The van der Waals surface area contributed by atoms with E-state index in [-0.39, 0.29) is 12.2 Å². The molecule has 0 aliphatic carbocycles. The van der Waals surface area contributed by atoms with Gasteiger partial charge in [-0.1, -0.05) is 31.0 Å². The number of H-pyrrole nitrogens is 1. The van der Waals surface area contributed by atoms with Gasteiger partial charge in [0.25, 0.3) is 5.56 Å². The molecule has 13 nitrogen and oxygen atoms in total. The Labute approximate surface area is 218 Å². The maximum absolute atomic E-state index is 13.8. The van der Waals surface area contributed by atoms with Crippen LogP contribution in [0.4, 0.5) is 0 Å². The number of ether oxygens (including phenoxy) is 2. The van der Waals surface area contributed by atoms with Gasteiger partial charge < -0.3 is 24.2 Å². The lowest BCUT2D eigenvalue weighted by Gasteiger charge is -2.26. The van der Waals surface area contributed by atoms with Crippen LogP contribution in [0.2, 0.25) is 0 Å². The number of para-hydroxylation sites is 1. The lowest BCUT2D eigenvalue weighted by molar-refractivity contribution is -0.149. The number of esters is 1. The number of hydrogen-bond acceptors (Lipinski definition) is 10. The van der Waals surface area contributed by atoms with Gasteiger partial charge in [-0.3, -0.25) is 23.7 Å². The van der Waals surface area contributed by atoms with Crippen molar-refractivity contribution in [2.75, 3.05) is 6.61 Å². The van der Waals surface area contributed by atoms with Crippen LogP contribution in [0, 0.1) is 12.3 Å². The number of hydrogen-bond donors (Lipinski definition) is 4. The van der Waals surface area contributed by atoms with E-state index in [1.165, 1.54) is 12.1 Å². The first-order valence-corrected chi connectivity index (χ1v) is 13.3. The molecule has 3 rings (SSSR count). The molecular formula is C24H30N3O10P. The van der Waals surface area contributed by atoms with E-state index in [0.29, 0.717) is 0 Å². The number of nitrogens with one attached hydrogen (secondary N) is 2. The molecule has 0 spiro atoms. The first kappa shape index (κ1) is 29.3. The van der Waals surface area contributed by atoms with Crippen molar-refractivity contribution in [2.24, 2.45) is 0 Å². The van der Waals surface area contributed by atoms with Gasteiger partial charge in [0.05, 0.1) is 12.7 Å². The van der Waals surface area contributed by atoms with Gasteiger partial charge >= 0.3 is 19.4 Å². The van der Waals surface area contributed by atoms with Crippen LogP contribution in [0.15, 0.2) is 52.2 Å². The van der Waals surface area contributed by atoms with Crippen LogP contribution < -0.4 is 20.9 Å². The molecule has 206 valence electrons. The molecular weight excluding hydrogens is 521 g/mol. The van der Waals surface area contributed by atoms with E-state index in [2.05, 4.69) is 5.09 Å². The van der Waals surface area contributed by atoms with Crippen LogP contribution in [0.25, 0.3) is 0 Å². The number of rotatable bonds is 11. The standard InChI is InChI=1S/C24H30N3O10P/c1-5-17(21(30)35-15(3)4)26-38(33,37-16-10-8-7-9-11-16)34-14-18-20(29)24(32,6-2)22(36-18)27-13-12-19(28)25-23(27)31/h2,7-13,15,17-18,20,22,29,32H,5,14H2,1,3-4H3,(H,26,33)(H,25,28,31)/t17-,18+,20+,22+,24+,38?/m0/s1. The van der Waals surface area contributed by atoms with Crippen LogP contribution >= 0.6 is 7.75 Å². The molecule has 1 aliphatic rings.